The summed E-state index contributed by atoms with van der Waals surface area (Å²) in [6, 6.07) is 5.93. The van der Waals surface area contributed by atoms with Crippen molar-refractivity contribution in [1.82, 2.24) is 4.98 Å². The van der Waals surface area contributed by atoms with Gasteiger partial charge in [-0.2, -0.15) is 0 Å². The van der Waals surface area contributed by atoms with E-state index in [4.69, 9.17) is 16.3 Å². The summed E-state index contributed by atoms with van der Waals surface area (Å²) in [6.45, 7) is 3.26. The van der Waals surface area contributed by atoms with Crippen molar-refractivity contribution in [3.8, 4) is 0 Å². The minimum absolute atomic E-state index is 0.582. The highest BCUT2D eigenvalue weighted by Gasteiger charge is 1.94. The molecule has 1 aromatic rings. The Morgan fingerprint density at radius 3 is 3.00 bits per heavy atom. The van der Waals surface area contributed by atoms with Gasteiger partial charge in [-0.1, -0.05) is 6.07 Å². The summed E-state index contributed by atoms with van der Waals surface area (Å²) in [7, 11) is 0. The third-order valence-electron chi connectivity index (χ3n) is 1.62. The monoisotopic (exact) mass is 199 g/mol. The number of pyridine rings is 1. The Morgan fingerprint density at radius 1 is 1.46 bits per heavy atom. The largest absolute Gasteiger partial charge is 0.375 e. The smallest absolute Gasteiger partial charge is 0.0887 e. The van der Waals surface area contributed by atoms with Crippen molar-refractivity contribution in [2.45, 2.75) is 20.0 Å². The van der Waals surface area contributed by atoms with Gasteiger partial charge in [-0.25, -0.2) is 0 Å². The molecule has 0 spiro atoms. The zero-order chi connectivity index (χ0) is 9.52. The molecule has 0 aromatic carbocycles. The Bertz CT molecular complexity index is 252. The van der Waals surface area contributed by atoms with E-state index in [1.54, 1.807) is 0 Å². The maximum Gasteiger partial charge on any atom is 0.0887 e. The van der Waals surface area contributed by atoms with Gasteiger partial charge < -0.3 is 4.74 Å². The van der Waals surface area contributed by atoms with Crippen LogP contribution in [0.25, 0.3) is 0 Å². The summed E-state index contributed by atoms with van der Waals surface area (Å²) in [6.07, 6.45) is 0.896. The van der Waals surface area contributed by atoms with E-state index in [9.17, 15) is 0 Å². The van der Waals surface area contributed by atoms with Crippen LogP contribution < -0.4 is 0 Å². The van der Waals surface area contributed by atoms with Gasteiger partial charge in [0.1, 0.15) is 0 Å². The minimum atomic E-state index is 0.582. The summed E-state index contributed by atoms with van der Waals surface area (Å²) < 4.78 is 5.37. The molecule has 0 unspecified atom stereocenters. The molecule has 0 radical (unpaired) electrons. The van der Waals surface area contributed by atoms with Crippen molar-refractivity contribution in [3.05, 3.63) is 29.6 Å². The molecule has 0 N–H and O–H groups in total. The number of alkyl halides is 1. The maximum absolute atomic E-state index is 5.51. The molecule has 0 aliphatic rings. The lowest BCUT2D eigenvalue weighted by molar-refractivity contribution is 0.119. The first-order valence-electron chi connectivity index (χ1n) is 4.39. The third-order valence-corrected chi connectivity index (χ3v) is 1.89. The summed E-state index contributed by atoms with van der Waals surface area (Å²) >= 11 is 5.51. The predicted octanol–water partition coefficient (Wildman–Crippen LogP) is 2.54. The zero-order valence-corrected chi connectivity index (χ0v) is 8.55. The molecule has 1 rings (SSSR count). The Labute approximate surface area is 83.9 Å². The van der Waals surface area contributed by atoms with Gasteiger partial charge in [0.2, 0.25) is 0 Å². The standard InChI is InChI=1S/C10H14ClNO/c1-9-4-2-5-10(12-9)8-13-7-3-6-11/h2,4-5H,3,6-8H2,1H3. The van der Waals surface area contributed by atoms with Gasteiger partial charge in [0.05, 0.1) is 12.3 Å². The van der Waals surface area contributed by atoms with Crippen LogP contribution in [0.3, 0.4) is 0 Å². The highest BCUT2D eigenvalue weighted by atomic mass is 35.5. The van der Waals surface area contributed by atoms with Crippen molar-refractivity contribution in [2.75, 3.05) is 12.5 Å². The first-order valence-corrected chi connectivity index (χ1v) is 4.92. The fourth-order valence-corrected chi connectivity index (χ4v) is 1.12. The molecule has 1 aromatic heterocycles. The maximum atomic E-state index is 5.51. The van der Waals surface area contributed by atoms with Crippen LogP contribution in [0.15, 0.2) is 18.2 Å². The van der Waals surface area contributed by atoms with Gasteiger partial charge in [-0.3, -0.25) is 4.98 Å². The highest BCUT2D eigenvalue weighted by Crippen LogP contribution is 2.00. The van der Waals surface area contributed by atoms with Crippen LogP contribution in [0.5, 0.6) is 0 Å². The van der Waals surface area contributed by atoms with Crippen molar-refractivity contribution in [2.24, 2.45) is 0 Å². The molecule has 0 saturated carbocycles. The highest BCUT2D eigenvalue weighted by molar-refractivity contribution is 6.17. The molecule has 0 fully saturated rings. The zero-order valence-electron chi connectivity index (χ0n) is 7.79. The first-order chi connectivity index (χ1) is 6.33. The number of hydrogen-bond donors (Lipinski definition) is 0. The number of nitrogens with zero attached hydrogens (tertiary/aromatic N) is 1. The van der Waals surface area contributed by atoms with Gasteiger partial charge in [-0.15, -0.1) is 11.6 Å². The van der Waals surface area contributed by atoms with Gasteiger partial charge in [0.25, 0.3) is 0 Å². The Hall–Kier alpha value is -0.600. The van der Waals surface area contributed by atoms with E-state index < -0.39 is 0 Å². The van der Waals surface area contributed by atoms with Crippen molar-refractivity contribution in [3.63, 3.8) is 0 Å². The second-order valence-electron chi connectivity index (χ2n) is 2.87. The summed E-state index contributed by atoms with van der Waals surface area (Å²) in [5.41, 5.74) is 2.01. The second kappa shape index (κ2) is 5.95. The quantitative estimate of drug-likeness (QED) is 0.537. The molecule has 0 bridgehead atoms. The van der Waals surface area contributed by atoms with Crippen LogP contribution >= 0.6 is 11.6 Å². The molecule has 0 saturated heterocycles. The Balaban J connectivity index is 2.28. The summed E-state index contributed by atoms with van der Waals surface area (Å²) in [4.78, 5) is 4.31. The lowest BCUT2D eigenvalue weighted by Gasteiger charge is -2.02. The third kappa shape index (κ3) is 4.25. The number of aryl methyl sites for hydroxylation is 1. The number of ether oxygens (including phenoxy) is 1. The molecule has 72 valence electrons. The number of aromatic nitrogens is 1. The van der Waals surface area contributed by atoms with E-state index in [1.165, 1.54) is 0 Å². The van der Waals surface area contributed by atoms with Crippen LogP contribution in [-0.2, 0) is 11.3 Å². The molecule has 0 atom stereocenters. The molecule has 1 heterocycles. The molecule has 0 aliphatic carbocycles. The van der Waals surface area contributed by atoms with E-state index in [1.807, 2.05) is 25.1 Å². The number of rotatable bonds is 5. The fraction of sp³-hybridized carbons (Fsp3) is 0.500. The van der Waals surface area contributed by atoms with Crippen molar-refractivity contribution >= 4 is 11.6 Å². The van der Waals surface area contributed by atoms with E-state index in [-0.39, 0.29) is 0 Å². The fourth-order valence-electron chi connectivity index (χ4n) is 1.01. The normalized spacial score (nSPS) is 10.3. The van der Waals surface area contributed by atoms with E-state index >= 15 is 0 Å². The van der Waals surface area contributed by atoms with Crippen molar-refractivity contribution < 1.29 is 4.74 Å². The first kappa shape index (κ1) is 10.5. The van der Waals surface area contributed by atoms with Gasteiger partial charge in [-0.05, 0) is 25.5 Å². The Morgan fingerprint density at radius 2 is 2.31 bits per heavy atom. The Kier molecular flexibility index (Phi) is 4.79. The van der Waals surface area contributed by atoms with Gasteiger partial charge in [0.15, 0.2) is 0 Å². The average Bonchev–Trinajstić information content (AvgIpc) is 2.13. The molecule has 3 heteroatoms. The van der Waals surface area contributed by atoms with Crippen LogP contribution in [0.1, 0.15) is 17.8 Å². The topological polar surface area (TPSA) is 22.1 Å². The van der Waals surface area contributed by atoms with Crippen LogP contribution in [0.4, 0.5) is 0 Å². The average molecular weight is 200 g/mol. The molecular weight excluding hydrogens is 186 g/mol. The van der Waals surface area contributed by atoms with Crippen LogP contribution in [0, 0.1) is 6.92 Å². The van der Waals surface area contributed by atoms with Crippen LogP contribution in [-0.4, -0.2) is 17.5 Å². The lowest BCUT2D eigenvalue weighted by atomic mass is 10.3. The summed E-state index contributed by atoms with van der Waals surface area (Å²) in [5, 5.41) is 0. The number of halogens is 1. The summed E-state index contributed by atoms with van der Waals surface area (Å²) in [5.74, 6) is 0.654. The minimum Gasteiger partial charge on any atom is -0.375 e. The molecule has 0 aliphatic heterocycles. The lowest BCUT2D eigenvalue weighted by Crippen LogP contribution is -1.98. The van der Waals surface area contributed by atoms with E-state index in [0.717, 1.165) is 17.8 Å². The van der Waals surface area contributed by atoms with Gasteiger partial charge >= 0.3 is 0 Å². The number of hydrogen-bond acceptors (Lipinski definition) is 2. The predicted molar refractivity (Wildman–Crippen MR) is 54.0 cm³/mol. The van der Waals surface area contributed by atoms with Gasteiger partial charge in [0, 0.05) is 18.2 Å². The van der Waals surface area contributed by atoms with E-state index in [2.05, 4.69) is 4.98 Å². The van der Waals surface area contributed by atoms with Crippen LogP contribution in [0.2, 0.25) is 0 Å². The molecular formula is C10H14ClNO. The molecule has 2 nitrogen and oxygen atoms in total. The molecule has 13 heavy (non-hydrogen) atoms. The van der Waals surface area contributed by atoms with E-state index in [0.29, 0.717) is 19.1 Å². The molecule has 0 amide bonds. The SMILES string of the molecule is Cc1cccc(COCCCCl)n1. The van der Waals surface area contributed by atoms with Crippen molar-refractivity contribution in [1.29, 1.82) is 0 Å². The second-order valence-corrected chi connectivity index (χ2v) is 3.24.